The lowest BCUT2D eigenvalue weighted by Crippen LogP contribution is -2.26. The van der Waals surface area contributed by atoms with Crippen molar-refractivity contribution in [1.82, 2.24) is 5.32 Å². The molecule has 0 spiro atoms. The quantitative estimate of drug-likeness (QED) is 0.461. The number of carbonyl (C=O) groups is 1. The smallest absolute Gasteiger partial charge is 0.252 e. The molecular formula is C18H19FINO3S. The van der Waals surface area contributed by atoms with Crippen molar-refractivity contribution in [3.63, 3.8) is 0 Å². The number of thioether (sulfide) groups is 1. The fraction of sp³-hybridized carbons (Fsp3) is 0.278. The number of hydrogen-bond acceptors (Lipinski definition) is 4. The highest BCUT2D eigenvalue weighted by atomic mass is 127. The van der Waals surface area contributed by atoms with E-state index in [2.05, 4.69) is 27.9 Å². The molecule has 0 aromatic heterocycles. The van der Waals surface area contributed by atoms with Crippen LogP contribution in [0.4, 0.5) is 4.39 Å². The first-order chi connectivity index (χ1) is 12.1. The highest BCUT2D eigenvalue weighted by Gasteiger charge is 2.15. The van der Waals surface area contributed by atoms with Crippen molar-refractivity contribution in [2.24, 2.45) is 0 Å². The number of ether oxygens (including phenoxy) is 2. The van der Waals surface area contributed by atoms with Crippen LogP contribution in [0.15, 0.2) is 36.4 Å². The van der Waals surface area contributed by atoms with E-state index >= 15 is 0 Å². The lowest BCUT2D eigenvalue weighted by molar-refractivity contribution is 0.0955. The van der Waals surface area contributed by atoms with Crippen LogP contribution >= 0.6 is 34.4 Å². The SMILES string of the molecule is COc1cc(I)c(C(=O)NCCSCc2ccccc2F)cc1OC. The van der Waals surface area contributed by atoms with Gasteiger partial charge in [-0.1, -0.05) is 18.2 Å². The molecule has 0 saturated heterocycles. The molecule has 1 N–H and O–H groups in total. The van der Waals surface area contributed by atoms with Crippen LogP contribution < -0.4 is 14.8 Å². The summed E-state index contributed by atoms with van der Waals surface area (Å²) in [5.41, 5.74) is 1.21. The molecule has 0 aliphatic carbocycles. The molecule has 0 heterocycles. The minimum Gasteiger partial charge on any atom is -0.493 e. The van der Waals surface area contributed by atoms with Crippen LogP contribution in [0.5, 0.6) is 11.5 Å². The molecule has 0 radical (unpaired) electrons. The summed E-state index contributed by atoms with van der Waals surface area (Å²) in [4.78, 5) is 12.3. The second-order valence-electron chi connectivity index (χ2n) is 5.09. The van der Waals surface area contributed by atoms with E-state index in [9.17, 15) is 9.18 Å². The molecule has 2 aromatic carbocycles. The molecule has 4 nitrogen and oxygen atoms in total. The van der Waals surface area contributed by atoms with Gasteiger partial charge in [-0.3, -0.25) is 4.79 Å². The van der Waals surface area contributed by atoms with Gasteiger partial charge < -0.3 is 14.8 Å². The van der Waals surface area contributed by atoms with Crippen molar-refractivity contribution < 1.29 is 18.7 Å². The fourth-order valence-electron chi connectivity index (χ4n) is 2.16. The molecule has 134 valence electrons. The lowest BCUT2D eigenvalue weighted by Gasteiger charge is -2.12. The predicted octanol–water partition coefficient (Wildman–Crippen LogP) is 4.11. The highest BCUT2D eigenvalue weighted by Crippen LogP contribution is 2.31. The van der Waals surface area contributed by atoms with Crippen molar-refractivity contribution in [2.45, 2.75) is 5.75 Å². The van der Waals surface area contributed by atoms with Crippen LogP contribution in [0.25, 0.3) is 0 Å². The van der Waals surface area contributed by atoms with E-state index in [1.54, 1.807) is 43.1 Å². The number of rotatable bonds is 8. The number of halogens is 2. The minimum absolute atomic E-state index is 0.170. The summed E-state index contributed by atoms with van der Waals surface area (Å²) in [6.07, 6.45) is 0. The first-order valence-corrected chi connectivity index (χ1v) is 9.81. The maximum absolute atomic E-state index is 13.5. The summed E-state index contributed by atoms with van der Waals surface area (Å²) in [6, 6.07) is 10.2. The molecule has 0 aliphatic heterocycles. The normalized spacial score (nSPS) is 10.4. The molecule has 0 aliphatic rings. The van der Waals surface area contributed by atoms with Gasteiger partial charge in [0.15, 0.2) is 11.5 Å². The Balaban J connectivity index is 1.85. The molecule has 0 saturated carbocycles. The molecule has 0 bridgehead atoms. The molecular weight excluding hydrogens is 456 g/mol. The van der Waals surface area contributed by atoms with Gasteiger partial charge in [-0.05, 0) is 46.4 Å². The zero-order valence-electron chi connectivity index (χ0n) is 14.0. The molecule has 0 fully saturated rings. The largest absolute Gasteiger partial charge is 0.493 e. The van der Waals surface area contributed by atoms with E-state index in [0.717, 1.165) is 3.57 Å². The first-order valence-electron chi connectivity index (χ1n) is 7.57. The molecule has 1 amide bonds. The van der Waals surface area contributed by atoms with Crippen LogP contribution in [-0.2, 0) is 5.75 Å². The summed E-state index contributed by atoms with van der Waals surface area (Å²) in [5, 5.41) is 2.87. The van der Waals surface area contributed by atoms with Gasteiger partial charge in [0.25, 0.3) is 5.91 Å². The predicted molar refractivity (Wildman–Crippen MR) is 107 cm³/mol. The van der Waals surface area contributed by atoms with Crippen molar-refractivity contribution >= 4 is 40.3 Å². The fourth-order valence-corrected chi connectivity index (χ4v) is 3.69. The molecule has 0 atom stereocenters. The van der Waals surface area contributed by atoms with Crippen LogP contribution in [0.2, 0.25) is 0 Å². The maximum atomic E-state index is 13.5. The van der Waals surface area contributed by atoms with Crippen LogP contribution in [-0.4, -0.2) is 32.4 Å². The number of methoxy groups -OCH3 is 2. The topological polar surface area (TPSA) is 47.6 Å². The van der Waals surface area contributed by atoms with E-state index in [4.69, 9.17) is 9.47 Å². The van der Waals surface area contributed by atoms with Gasteiger partial charge in [-0.2, -0.15) is 11.8 Å². The Kier molecular flexibility index (Phi) is 7.83. The van der Waals surface area contributed by atoms with Crippen molar-refractivity contribution in [2.75, 3.05) is 26.5 Å². The number of nitrogens with one attached hydrogen (secondary N) is 1. The van der Waals surface area contributed by atoms with E-state index < -0.39 is 0 Å². The first kappa shape index (κ1) is 19.8. The summed E-state index contributed by atoms with van der Waals surface area (Å²) in [5.74, 6) is 2.02. The maximum Gasteiger partial charge on any atom is 0.252 e. The van der Waals surface area contributed by atoms with Gasteiger partial charge in [0.2, 0.25) is 0 Å². The van der Waals surface area contributed by atoms with Gasteiger partial charge in [0.1, 0.15) is 5.82 Å². The van der Waals surface area contributed by atoms with Crippen molar-refractivity contribution in [1.29, 1.82) is 0 Å². The molecule has 0 unspecified atom stereocenters. The molecule has 7 heteroatoms. The Labute approximate surface area is 164 Å². The zero-order valence-corrected chi connectivity index (χ0v) is 16.9. The highest BCUT2D eigenvalue weighted by molar-refractivity contribution is 14.1. The van der Waals surface area contributed by atoms with Crippen LogP contribution in [0.1, 0.15) is 15.9 Å². The number of hydrogen-bond donors (Lipinski definition) is 1. The van der Waals surface area contributed by atoms with E-state index in [-0.39, 0.29) is 11.7 Å². The van der Waals surface area contributed by atoms with Crippen LogP contribution in [0.3, 0.4) is 0 Å². The van der Waals surface area contributed by atoms with E-state index in [1.807, 2.05) is 6.07 Å². The van der Waals surface area contributed by atoms with E-state index in [1.165, 1.54) is 13.2 Å². The Morgan fingerprint density at radius 3 is 2.56 bits per heavy atom. The second kappa shape index (κ2) is 9.86. The monoisotopic (exact) mass is 475 g/mol. The molecule has 25 heavy (non-hydrogen) atoms. The third kappa shape index (κ3) is 5.50. The zero-order chi connectivity index (χ0) is 18.2. The third-order valence-electron chi connectivity index (χ3n) is 3.47. The average molecular weight is 475 g/mol. The Morgan fingerprint density at radius 1 is 1.20 bits per heavy atom. The Hall–Kier alpha value is -1.48. The molecule has 2 aromatic rings. The van der Waals surface area contributed by atoms with Crippen LogP contribution in [0, 0.1) is 9.39 Å². The van der Waals surface area contributed by atoms with E-state index in [0.29, 0.717) is 40.7 Å². The Bertz CT molecular complexity index is 742. The van der Waals surface area contributed by atoms with Gasteiger partial charge in [0, 0.05) is 21.6 Å². The second-order valence-corrected chi connectivity index (χ2v) is 7.35. The Morgan fingerprint density at radius 2 is 1.88 bits per heavy atom. The number of amides is 1. The minimum atomic E-state index is -0.195. The lowest BCUT2D eigenvalue weighted by atomic mass is 10.2. The van der Waals surface area contributed by atoms with Gasteiger partial charge in [-0.25, -0.2) is 4.39 Å². The van der Waals surface area contributed by atoms with Gasteiger partial charge >= 0.3 is 0 Å². The summed E-state index contributed by atoms with van der Waals surface area (Å²) >= 11 is 3.67. The van der Waals surface area contributed by atoms with Crippen molar-refractivity contribution in [3.8, 4) is 11.5 Å². The summed E-state index contributed by atoms with van der Waals surface area (Å²) in [7, 11) is 3.09. The van der Waals surface area contributed by atoms with Gasteiger partial charge in [0.05, 0.1) is 19.8 Å². The third-order valence-corrected chi connectivity index (χ3v) is 5.37. The summed E-state index contributed by atoms with van der Waals surface area (Å²) in [6.45, 7) is 0.502. The van der Waals surface area contributed by atoms with Crippen molar-refractivity contribution in [3.05, 3.63) is 56.9 Å². The average Bonchev–Trinajstić information content (AvgIpc) is 2.62. The number of benzene rings is 2. The summed E-state index contributed by atoms with van der Waals surface area (Å²) < 4.78 is 24.8. The number of carbonyl (C=O) groups excluding carboxylic acids is 1. The standard InChI is InChI=1S/C18H19FINO3S/c1-23-16-9-13(15(20)10-17(16)24-2)18(22)21-7-8-25-11-12-5-3-4-6-14(12)19/h3-6,9-10H,7-8,11H2,1-2H3,(H,21,22). The van der Waals surface area contributed by atoms with Gasteiger partial charge in [-0.15, -0.1) is 0 Å². The molecule has 2 rings (SSSR count).